The fourth-order valence-corrected chi connectivity index (χ4v) is 1.13. The fourth-order valence-electron chi connectivity index (χ4n) is 0.900. The first kappa shape index (κ1) is 11.6. The number of rotatable bonds is 4. The van der Waals surface area contributed by atoms with Crippen molar-refractivity contribution in [1.29, 1.82) is 0 Å². The maximum Gasteiger partial charge on any atom is 0.269 e. The van der Waals surface area contributed by atoms with Gasteiger partial charge in [-0.05, 0) is 28.1 Å². The third kappa shape index (κ3) is 4.07. The molecule has 1 rings (SSSR count). The third-order valence-electron chi connectivity index (χ3n) is 1.62. The Morgan fingerprint density at radius 3 is 2.73 bits per heavy atom. The van der Waals surface area contributed by atoms with Gasteiger partial charge in [0, 0.05) is 23.6 Å². The Labute approximate surface area is 95.2 Å². The zero-order valence-corrected chi connectivity index (χ0v) is 9.45. The Bertz CT molecular complexity index is 364. The van der Waals surface area contributed by atoms with Crippen molar-refractivity contribution in [2.75, 3.05) is 6.54 Å². The van der Waals surface area contributed by atoms with Gasteiger partial charge in [0.05, 0.1) is 0 Å². The normalized spacial score (nSPS) is 9.67. The lowest BCUT2D eigenvalue weighted by atomic mass is 10.3. The van der Waals surface area contributed by atoms with Crippen LogP contribution in [0.5, 0.6) is 0 Å². The third-order valence-corrected chi connectivity index (χ3v) is 2.09. The molecule has 1 heterocycles. The lowest BCUT2D eigenvalue weighted by Crippen LogP contribution is -2.28. The van der Waals surface area contributed by atoms with Crippen LogP contribution in [0.3, 0.4) is 0 Å². The van der Waals surface area contributed by atoms with E-state index in [1.807, 2.05) is 0 Å². The highest BCUT2D eigenvalue weighted by Crippen LogP contribution is 2.06. The standard InChI is InChI=1S/C9H10BrN3O2/c10-6-1-2-7(13-5-6)9(15)12-4-3-8(11)14/h1-2,5H,3-4H2,(H2,11,14)(H,12,15). The zero-order valence-electron chi connectivity index (χ0n) is 7.87. The van der Waals surface area contributed by atoms with E-state index in [9.17, 15) is 9.59 Å². The van der Waals surface area contributed by atoms with E-state index >= 15 is 0 Å². The summed E-state index contributed by atoms with van der Waals surface area (Å²) in [7, 11) is 0. The summed E-state index contributed by atoms with van der Waals surface area (Å²) in [4.78, 5) is 25.7. The van der Waals surface area contributed by atoms with E-state index in [4.69, 9.17) is 5.73 Å². The molecule has 0 aliphatic carbocycles. The van der Waals surface area contributed by atoms with Crippen LogP contribution < -0.4 is 11.1 Å². The Hall–Kier alpha value is -1.43. The molecule has 0 fully saturated rings. The highest BCUT2D eigenvalue weighted by Gasteiger charge is 2.06. The van der Waals surface area contributed by atoms with E-state index in [0.29, 0.717) is 5.69 Å². The van der Waals surface area contributed by atoms with Crippen molar-refractivity contribution >= 4 is 27.7 Å². The van der Waals surface area contributed by atoms with Gasteiger partial charge in [-0.15, -0.1) is 0 Å². The number of nitrogens with zero attached hydrogens (tertiary/aromatic N) is 1. The monoisotopic (exact) mass is 271 g/mol. The molecule has 1 aromatic heterocycles. The van der Waals surface area contributed by atoms with Gasteiger partial charge in [0.2, 0.25) is 5.91 Å². The summed E-state index contributed by atoms with van der Waals surface area (Å²) in [6.45, 7) is 0.228. The van der Waals surface area contributed by atoms with Gasteiger partial charge in [0.25, 0.3) is 5.91 Å². The number of primary amides is 1. The first-order valence-electron chi connectivity index (χ1n) is 4.27. The number of nitrogens with one attached hydrogen (secondary N) is 1. The first-order valence-corrected chi connectivity index (χ1v) is 5.07. The molecule has 0 saturated heterocycles. The lowest BCUT2D eigenvalue weighted by molar-refractivity contribution is -0.117. The topological polar surface area (TPSA) is 85.1 Å². The van der Waals surface area contributed by atoms with Gasteiger partial charge in [-0.25, -0.2) is 4.98 Å². The Morgan fingerprint density at radius 1 is 1.47 bits per heavy atom. The van der Waals surface area contributed by atoms with Crippen LogP contribution in [0.1, 0.15) is 16.9 Å². The summed E-state index contributed by atoms with van der Waals surface area (Å²) < 4.78 is 0.802. The van der Waals surface area contributed by atoms with E-state index < -0.39 is 5.91 Å². The molecule has 0 aliphatic rings. The number of amides is 2. The first-order chi connectivity index (χ1) is 7.09. The molecule has 0 saturated carbocycles. The molecule has 0 spiro atoms. The van der Waals surface area contributed by atoms with Crippen LogP contribution in [0.25, 0.3) is 0 Å². The van der Waals surface area contributed by atoms with Crippen molar-refractivity contribution in [1.82, 2.24) is 10.3 Å². The van der Waals surface area contributed by atoms with E-state index in [-0.39, 0.29) is 18.9 Å². The molecule has 6 heteroatoms. The van der Waals surface area contributed by atoms with Gasteiger partial charge < -0.3 is 11.1 Å². The number of hydrogen-bond acceptors (Lipinski definition) is 3. The molecule has 1 aromatic rings. The van der Waals surface area contributed by atoms with Gasteiger partial charge in [-0.2, -0.15) is 0 Å². The number of halogens is 1. The van der Waals surface area contributed by atoms with Crippen LogP contribution in [0.4, 0.5) is 0 Å². The van der Waals surface area contributed by atoms with Gasteiger partial charge >= 0.3 is 0 Å². The average Bonchev–Trinajstić information content (AvgIpc) is 2.18. The summed E-state index contributed by atoms with van der Waals surface area (Å²) in [5.74, 6) is -0.761. The summed E-state index contributed by atoms with van der Waals surface area (Å²) in [5, 5.41) is 2.53. The number of carbonyl (C=O) groups excluding carboxylic acids is 2. The van der Waals surface area contributed by atoms with Crippen LogP contribution in [0, 0.1) is 0 Å². The van der Waals surface area contributed by atoms with Gasteiger partial charge in [-0.1, -0.05) is 0 Å². The average molecular weight is 272 g/mol. The van der Waals surface area contributed by atoms with Crippen LogP contribution in [-0.4, -0.2) is 23.3 Å². The molecule has 5 nitrogen and oxygen atoms in total. The summed E-state index contributed by atoms with van der Waals surface area (Å²) in [6.07, 6.45) is 1.66. The van der Waals surface area contributed by atoms with Gasteiger partial charge in [0.1, 0.15) is 5.69 Å². The highest BCUT2D eigenvalue weighted by atomic mass is 79.9. The molecule has 0 unspecified atom stereocenters. The van der Waals surface area contributed by atoms with Crippen molar-refractivity contribution in [3.63, 3.8) is 0 Å². The second-order valence-electron chi connectivity index (χ2n) is 2.83. The lowest BCUT2D eigenvalue weighted by Gasteiger charge is -2.02. The second kappa shape index (κ2) is 5.45. The predicted octanol–water partition coefficient (Wildman–Crippen LogP) is 0.449. The maximum atomic E-state index is 11.4. The molecular formula is C9H10BrN3O2. The number of carbonyl (C=O) groups is 2. The fraction of sp³-hybridized carbons (Fsp3) is 0.222. The highest BCUT2D eigenvalue weighted by molar-refractivity contribution is 9.10. The van der Waals surface area contributed by atoms with Crippen LogP contribution in [0.2, 0.25) is 0 Å². The van der Waals surface area contributed by atoms with E-state index in [1.54, 1.807) is 12.1 Å². The Kier molecular flexibility index (Phi) is 4.23. The Morgan fingerprint density at radius 2 is 2.20 bits per heavy atom. The molecule has 0 bridgehead atoms. The van der Waals surface area contributed by atoms with Crippen molar-refractivity contribution in [3.8, 4) is 0 Å². The summed E-state index contributed by atoms with van der Waals surface area (Å²) >= 11 is 3.21. The van der Waals surface area contributed by atoms with Crippen molar-refractivity contribution < 1.29 is 9.59 Å². The van der Waals surface area contributed by atoms with Crippen molar-refractivity contribution in [2.24, 2.45) is 5.73 Å². The largest absolute Gasteiger partial charge is 0.370 e. The molecule has 0 aromatic carbocycles. The van der Waals surface area contributed by atoms with E-state index in [1.165, 1.54) is 6.20 Å². The van der Waals surface area contributed by atoms with Crippen molar-refractivity contribution in [2.45, 2.75) is 6.42 Å². The van der Waals surface area contributed by atoms with Gasteiger partial charge in [0.15, 0.2) is 0 Å². The summed E-state index contributed by atoms with van der Waals surface area (Å²) in [6, 6.07) is 3.31. The molecular weight excluding hydrogens is 262 g/mol. The molecule has 2 amide bonds. The minimum absolute atomic E-state index is 0.127. The zero-order chi connectivity index (χ0) is 11.3. The van der Waals surface area contributed by atoms with E-state index in [0.717, 1.165) is 4.47 Å². The molecule has 3 N–H and O–H groups in total. The van der Waals surface area contributed by atoms with Crippen LogP contribution in [0.15, 0.2) is 22.8 Å². The number of pyridine rings is 1. The number of nitrogens with two attached hydrogens (primary N) is 1. The van der Waals surface area contributed by atoms with Gasteiger partial charge in [-0.3, -0.25) is 9.59 Å². The Balaban J connectivity index is 2.47. The molecule has 15 heavy (non-hydrogen) atoms. The van der Waals surface area contributed by atoms with Crippen molar-refractivity contribution in [3.05, 3.63) is 28.5 Å². The minimum atomic E-state index is -0.445. The maximum absolute atomic E-state index is 11.4. The van der Waals surface area contributed by atoms with Crippen LogP contribution in [-0.2, 0) is 4.79 Å². The number of aromatic nitrogens is 1. The number of hydrogen-bond donors (Lipinski definition) is 2. The SMILES string of the molecule is NC(=O)CCNC(=O)c1ccc(Br)cn1. The minimum Gasteiger partial charge on any atom is -0.370 e. The quantitative estimate of drug-likeness (QED) is 0.834. The van der Waals surface area contributed by atoms with Crippen LogP contribution >= 0.6 is 15.9 Å². The van der Waals surface area contributed by atoms with E-state index in [2.05, 4.69) is 26.2 Å². The summed E-state index contributed by atoms with van der Waals surface area (Å²) in [5.41, 5.74) is 5.23. The second-order valence-corrected chi connectivity index (χ2v) is 3.75. The molecule has 0 aliphatic heterocycles. The smallest absolute Gasteiger partial charge is 0.269 e. The molecule has 0 radical (unpaired) electrons. The predicted molar refractivity (Wildman–Crippen MR) is 58.1 cm³/mol. The molecule has 0 atom stereocenters. The molecule has 80 valence electrons.